The Morgan fingerprint density at radius 1 is 0.900 bits per heavy atom. The molecule has 0 bridgehead atoms. The highest BCUT2D eigenvalue weighted by molar-refractivity contribution is 7.59. The number of hydrogen-bond donors (Lipinski definition) is 1. The summed E-state index contributed by atoms with van der Waals surface area (Å²) in [5.74, 6) is 0. The van der Waals surface area contributed by atoms with Crippen LogP contribution in [0.2, 0.25) is 0 Å². The van der Waals surface area contributed by atoms with E-state index in [1.54, 1.807) is 0 Å². The van der Waals surface area contributed by atoms with Crippen LogP contribution in [0.5, 0.6) is 0 Å². The lowest BCUT2D eigenvalue weighted by Gasteiger charge is -1.69. The standard InChI is InChI=1S/C6H6.CH2O2.H2S/c1-2-4-6-5-3-1;2-1-3;/h1-6H;1H,(H,2,3);1H2. The molecule has 56 valence electrons. The van der Waals surface area contributed by atoms with Gasteiger partial charge in [0.2, 0.25) is 0 Å². The van der Waals surface area contributed by atoms with Gasteiger partial charge in [0.15, 0.2) is 0 Å². The van der Waals surface area contributed by atoms with E-state index in [0.29, 0.717) is 0 Å². The van der Waals surface area contributed by atoms with Gasteiger partial charge in [-0.2, -0.15) is 13.5 Å². The van der Waals surface area contributed by atoms with Crippen molar-refractivity contribution in [3.05, 3.63) is 36.4 Å². The summed E-state index contributed by atoms with van der Waals surface area (Å²) in [5, 5.41) is 6.89. The zero-order valence-corrected chi connectivity index (χ0v) is 6.40. The second-order valence-electron chi connectivity index (χ2n) is 1.26. The molecule has 0 amide bonds. The molecular formula is C7H10O2S. The van der Waals surface area contributed by atoms with Gasteiger partial charge in [0.25, 0.3) is 6.47 Å². The van der Waals surface area contributed by atoms with Crippen molar-refractivity contribution in [2.75, 3.05) is 0 Å². The van der Waals surface area contributed by atoms with Crippen molar-refractivity contribution in [1.29, 1.82) is 0 Å². The van der Waals surface area contributed by atoms with Crippen molar-refractivity contribution in [3.8, 4) is 0 Å². The van der Waals surface area contributed by atoms with E-state index in [1.807, 2.05) is 36.4 Å². The third kappa shape index (κ3) is 10.1. The third-order valence-electron chi connectivity index (χ3n) is 0.667. The number of hydrogen-bond acceptors (Lipinski definition) is 1. The van der Waals surface area contributed by atoms with Gasteiger partial charge >= 0.3 is 0 Å². The molecule has 1 aromatic rings. The lowest BCUT2D eigenvalue weighted by atomic mass is 10.4. The van der Waals surface area contributed by atoms with E-state index >= 15 is 0 Å². The molecule has 0 unspecified atom stereocenters. The van der Waals surface area contributed by atoms with E-state index in [-0.39, 0.29) is 20.0 Å². The van der Waals surface area contributed by atoms with Crippen molar-refractivity contribution in [2.45, 2.75) is 0 Å². The molecule has 0 spiro atoms. The fourth-order valence-corrected chi connectivity index (χ4v) is 0.385. The van der Waals surface area contributed by atoms with Crippen LogP contribution in [-0.2, 0) is 4.79 Å². The maximum Gasteiger partial charge on any atom is 0.290 e. The minimum Gasteiger partial charge on any atom is -0.483 e. The zero-order chi connectivity index (χ0) is 6.95. The fraction of sp³-hybridized carbons (Fsp3) is 0. The van der Waals surface area contributed by atoms with E-state index in [9.17, 15) is 0 Å². The van der Waals surface area contributed by atoms with Crippen LogP contribution >= 0.6 is 13.5 Å². The average Bonchev–Trinajstić information content (AvgIpc) is 1.93. The van der Waals surface area contributed by atoms with Gasteiger partial charge in [0, 0.05) is 0 Å². The van der Waals surface area contributed by atoms with Gasteiger partial charge in [-0.1, -0.05) is 36.4 Å². The summed E-state index contributed by atoms with van der Waals surface area (Å²) in [6.07, 6.45) is 0. The molecule has 10 heavy (non-hydrogen) atoms. The van der Waals surface area contributed by atoms with Crippen LogP contribution in [-0.4, -0.2) is 11.6 Å². The SMILES string of the molecule is O=CO.S.c1ccccc1. The topological polar surface area (TPSA) is 37.3 Å². The van der Waals surface area contributed by atoms with Crippen molar-refractivity contribution in [3.63, 3.8) is 0 Å². The Hall–Kier alpha value is -0.960. The first-order valence-electron chi connectivity index (χ1n) is 2.49. The van der Waals surface area contributed by atoms with Crippen LogP contribution in [0.15, 0.2) is 36.4 Å². The normalized spacial score (nSPS) is 6.00. The molecule has 0 radical (unpaired) electrons. The molecule has 0 aromatic heterocycles. The summed E-state index contributed by atoms with van der Waals surface area (Å²) in [7, 11) is 0. The van der Waals surface area contributed by atoms with Gasteiger partial charge in [-0.05, 0) is 0 Å². The predicted octanol–water partition coefficient (Wildman–Crippen LogP) is 1.50. The first kappa shape index (κ1) is 11.8. The van der Waals surface area contributed by atoms with Crippen LogP contribution in [0.25, 0.3) is 0 Å². The minimum absolute atomic E-state index is 0. The van der Waals surface area contributed by atoms with Crippen LogP contribution in [0.4, 0.5) is 0 Å². The van der Waals surface area contributed by atoms with Gasteiger partial charge < -0.3 is 5.11 Å². The number of rotatable bonds is 0. The maximum absolute atomic E-state index is 8.36. The lowest BCUT2D eigenvalue weighted by molar-refractivity contribution is -0.122. The molecule has 0 fully saturated rings. The highest BCUT2D eigenvalue weighted by Crippen LogP contribution is 1.79. The molecular weight excluding hydrogens is 148 g/mol. The highest BCUT2D eigenvalue weighted by atomic mass is 32.1. The third-order valence-corrected chi connectivity index (χ3v) is 0.667. The van der Waals surface area contributed by atoms with Crippen molar-refractivity contribution >= 4 is 20.0 Å². The molecule has 0 saturated heterocycles. The molecule has 0 saturated carbocycles. The fourth-order valence-electron chi connectivity index (χ4n) is 0.385. The molecule has 0 aliphatic carbocycles. The number of benzene rings is 1. The molecule has 0 heterocycles. The van der Waals surface area contributed by atoms with E-state index < -0.39 is 0 Å². The summed E-state index contributed by atoms with van der Waals surface area (Å²) in [6.45, 7) is -0.250. The monoisotopic (exact) mass is 158 g/mol. The van der Waals surface area contributed by atoms with Crippen molar-refractivity contribution in [2.24, 2.45) is 0 Å². The van der Waals surface area contributed by atoms with Gasteiger partial charge in [0.05, 0.1) is 0 Å². The Balaban J connectivity index is 0. The summed E-state index contributed by atoms with van der Waals surface area (Å²) < 4.78 is 0. The Labute approximate surface area is 67.0 Å². The van der Waals surface area contributed by atoms with Gasteiger partial charge in [-0.25, -0.2) is 0 Å². The van der Waals surface area contributed by atoms with Crippen molar-refractivity contribution < 1.29 is 9.90 Å². The van der Waals surface area contributed by atoms with Crippen LogP contribution < -0.4 is 0 Å². The predicted molar refractivity (Wildman–Crippen MR) is 45.5 cm³/mol. The van der Waals surface area contributed by atoms with Gasteiger partial charge in [-0.3, -0.25) is 4.79 Å². The Kier molecular flexibility index (Phi) is 12.9. The Morgan fingerprint density at radius 3 is 1.10 bits per heavy atom. The molecule has 2 nitrogen and oxygen atoms in total. The van der Waals surface area contributed by atoms with Crippen LogP contribution in [0.3, 0.4) is 0 Å². The van der Waals surface area contributed by atoms with Gasteiger partial charge in [-0.15, -0.1) is 0 Å². The van der Waals surface area contributed by atoms with E-state index in [0.717, 1.165) is 0 Å². The van der Waals surface area contributed by atoms with E-state index in [1.165, 1.54) is 0 Å². The van der Waals surface area contributed by atoms with Crippen LogP contribution in [0, 0.1) is 0 Å². The first-order chi connectivity index (χ1) is 4.41. The smallest absolute Gasteiger partial charge is 0.290 e. The second kappa shape index (κ2) is 10.9. The minimum atomic E-state index is -0.250. The largest absolute Gasteiger partial charge is 0.483 e. The molecule has 1 aromatic carbocycles. The molecule has 3 heteroatoms. The quantitative estimate of drug-likeness (QED) is 0.581. The molecule has 0 atom stereocenters. The molecule has 0 aliphatic rings. The Morgan fingerprint density at radius 2 is 1.00 bits per heavy atom. The number of carboxylic acid groups (broad SMARTS) is 1. The summed E-state index contributed by atoms with van der Waals surface area (Å²) in [6, 6.07) is 12.0. The maximum atomic E-state index is 8.36. The van der Waals surface area contributed by atoms with Crippen LogP contribution in [0.1, 0.15) is 0 Å². The highest BCUT2D eigenvalue weighted by Gasteiger charge is 1.57. The zero-order valence-electron chi connectivity index (χ0n) is 5.40. The number of carbonyl (C=O) groups is 1. The molecule has 1 rings (SSSR count). The summed E-state index contributed by atoms with van der Waals surface area (Å²) >= 11 is 0. The lowest BCUT2D eigenvalue weighted by Crippen LogP contribution is -1.49. The average molecular weight is 158 g/mol. The summed E-state index contributed by atoms with van der Waals surface area (Å²) in [5.41, 5.74) is 0. The second-order valence-corrected chi connectivity index (χ2v) is 1.26. The van der Waals surface area contributed by atoms with Crippen molar-refractivity contribution in [1.82, 2.24) is 0 Å². The molecule has 1 N–H and O–H groups in total. The van der Waals surface area contributed by atoms with Gasteiger partial charge in [0.1, 0.15) is 0 Å². The summed E-state index contributed by atoms with van der Waals surface area (Å²) in [4.78, 5) is 8.36. The van der Waals surface area contributed by atoms with E-state index in [4.69, 9.17) is 9.90 Å². The Bertz CT molecular complexity index is 115. The molecule has 0 aliphatic heterocycles. The van der Waals surface area contributed by atoms with E-state index in [2.05, 4.69) is 0 Å². The first-order valence-corrected chi connectivity index (χ1v) is 2.49.